The summed E-state index contributed by atoms with van der Waals surface area (Å²) in [5, 5.41) is 2.64. The molecule has 1 rings (SSSR count). The molecule has 0 radical (unpaired) electrons. The summed E-state index contributed by atoms with van der Waals surface area (Å²) < 4.78 is 5.25. The summed E-state index contributed by atoms with van der Waals surface area (Å²) in [7, 11) is 0. The molecule has 0 aromatic heterocycles. The van der Waals surface area contributed by atoms with Gasteiger partial charge >= 0.3 is 5.97 Å². The molecule has 1 amide bonds. The van der Waals surface area contributed by atoms with Crippen molar-refractivity contribution >= 4 is 11.9 Å². The van der Waals surface area contributed by atoms with Gasteiger partial charge < -0.3 is 15.8 Å². The Balaban J connectivity index is 2.16. The molecule has 5 heteroatoms. The number of nitrogens with one attached hydrogen (secondary N) is 1. The molecule has 0 bridgehead atoms. The molecule has 3 N–H and O–H groups in total. The number of rotatable bonds is 12. The van der Waals surface area contributed by atoms with Gasteiger partial charge in [-0.25, -0.2) is 4.79 Å². The Hall–Kier alpha value is -1.88. The summed E-state index contributed by atoms with van der Waals surface area (Å²) in [6, 6.07) is 0. The number of esters is 1. The molecule has 5 nitrogen and oxygen atoms in total. The molecule has 0 aromatic carbocycles. The Morgan fingerprint density at radius 2 is 1.88 bits per heavy atom. The van der Waals surface area contributed by atoms with E-state index in [1.54, 1.807) is 6.08 Å². The van der Waals surface area contributed by atoms with Crippen LogP contribution in [0.15, 0.2) is 36.1 Å². The third-order valence-corrected chi connectivity index (χ3v) is 4.22. The maximum atomic E-state index is 11.9. The second-order valence-corrected chi connectivity index (χ2v) is 6.55. The normalized spacial score (nSPS) is 20.3. The molecule has 0 spiro atoms. The van der Waals surface area contributed by atoms with Crippen LogP contribution in [0.5, 0.6) is 0 Å². The summed E-state index contributed by atoms with van der Waals surface area (Å²) >= 11 is 0. The van der Waals surface area contributed by atoms with Crippen molar-refractivity contribution in [1.82, 2.24) is 5.32 Å². The molecule has 1 atom stereocenters. The fraction of sp³-hybridized carbons (Fsp3) is 0.600. The number of carbonyl (C=O) groups excluding carboxylic acids is 2. The molecule has 1 aliphatic rings. The molecular formula is C20H32N2O3. The van der Waals surface area contributed by atoms with Crippen molar-refractivity contribution in [3.63, 3.8) is 0 Å². The van der Waals surface area contributed by atoms with E-state index in [9.17, 15) is 9.59 Å². The highest BCUT2D eigenvalue weighted by molar-refractivity contribution is 5.96. The first kappa shape index (κ1) is 21.2. The minimum absolute atomic E-state index is 0.169. The highest BCUT2D eigenvalue weighted by Crippen LogP contribution is 2.26. The van der Waals surface area contributed by atoms with E-state index in [1.165, 1.54) is 19.3 Å². The van der Waals surface area contributed by atoms with Crippen molar-refractivity contribution in [3.8, 4) is 0 Å². The minimum Gasteiger partial charge on any atom is -0.450 e. The molecule has 0 saturated heterocycles. The molecule has 0 aliphatic carbocycles. The van der Waals surface area contributed by atoms with Crippen LogP contribution in [0.3, 0.4) is 0 Å². The lowest BCUT2D eigenvalue weighted by atomic mass is 10.0. The fourth-order valence-electron chi connectivity index (χ4n) is 2.46. The van der Waals surface area contributed by atoms with Gasteiger partial charge in [0.15, 0.2) is 0 Å². The number of hydrogen-bond donors (Lipinski definition) is 2. The summed E-state index contributed by atoms with van der Waals surface area (Å²) in [6.45, 7) is 4.55. The van der Waals surface area contributed by atoms with E-state index in [-0.39, 0.29) is 11.6 Å². The zero-order valence-electron chi connectivity index (χ0n) is 15.6. The van der Waals surface area contributed by atoms with Crippen molar-refractivity contribution in [2.75, 3.05) is 6.54 Å². The monoisotopic (exact) mass is 348 g/mol. The predicted molar refractivity (Wildman–Crippen MR) is 101 cm³/mol. The van der Waals surface area contributed by atoms with E-state index in [0.29, 0.717) is 19.3 Å². The Morgan fingerprint density at radius 1 is 1.20 bits per heavy atom. The molecule has 0 fully saturated rings. The van der Waals surface area contributed by atoms with E-state index in [1.807, 2.05) is 32.1 Å². The number of carbonyl (C=O) groups is 2. The summed E-state index contributed by atoms with van der Waals surface area (Å²) in [5.74, 6) is -0.625. The van der Waals surface area contributed by atoms with Crippen molar-refractivity contribution < 1.29 is 14.3 Å². The molecular weight excluding hydrogens is 316 g/mol. The first-order valence-electron chi connectivity index (χ1n) is 9.28. The van der Waals surface area contributed by atoms with Gasteiger partial charge in [0.05, 0.1) is 0 Å². The zero-order valence-corrected chi connectivity index (χ0v) is 15.6. The van der Waals surface area contributed by atoms with Gasteiger partial charge in [-0.2, -0.15) is 0 Å². The number of allylic oxidation sites excluding steroid dienone is 4. The highest BCUT2D eigenvalue weighted by Gasteiger charge is 2.34. The van der Waals surface area contributed by atoms with E-state index < -0.39 is 11.6 Å². The van der Waals surface area contributed by atoms with Gasteiger partial charge in [0.2, 0.25) is 5.91 Å². The first-order valence-corrected chi connectivity index (χ1v) is 9.28. The molecule has 1 aliphatic heterocycles. The van der Waals surface area contributed by atoms with Crippen molar-refractivity contribution in [3.05, 3.63) is 36.1 Å². The van der Waals surface area contributed by atoms with Crippen molar-refractivity contribution in [2.24, 2.45) is 5.73 Å². The van der Waals surface area contributed by atoms with Crippen LogP contribution in [0.1, 0.15) is 65.2 Å². The van der Waals surface area contributed by atoms with Crippen LogP contribution in [0.25, 0.3) is 0 Å². The average Bonchev–Trinajstić information content (AvgIpc) is 2.87. The smallest absolute Gasteiger partial charge is 0.355 e. The van der Waals surface area contributed by atoms with Crippen molar-refractivity contribution in [2.45, 2.75) is 70.8 Å². The van der Waals surface area contributed by atoms with Crippen LogP contribution in [0.4, 0.5) is 0 Å². The van der Waals surface area contributed by atoms with Gasteiger partial charge in [-0.1, -0.05) is 44.1 Å². The molecule has 0 unspecified atom stereocenters. The molecule has 25 heavy (non-hydrogen) atoms. The number of ether oxygens (including phenoxy) is 1. The van der Waals surface area contributed by atoms with Crippen molar-refractivity contribution in [1.29, 1.82) is 0 Å². The van der Waals surface area contributed by atoms with E-state index in [4.69, 9.17) is 10.5 Å². The largest absolute Gasteiger partial charge is 0.450 e. The van der Waals surface area contributed by atoms with Gasteiger partial charge in [-0.05, 0) is 51.6 Å². The summed E-state index contributed by atoms with van der Waals surface area (Å²) in [4.78, 5) is 23.6. The van der Waals surface area contributed by atoms with Crippen LogP contribution in [-0.2, 0) is 14.3 Å². The number of hydrogen-bond acceptors (Lipinski definition) is 4. The molecule has 0 aromatic rings. The predicted octanol–water partition coefficient (Wildman–Crippen LogP) is 3.51. The summed E-state index contributed by atoms with van der Waals surface area (Å²) in [5.41, 5.74) is 5.11. The highest BCUT2D eigenvalue weighted by atomic mass is 16.6. The van der Waals surface area contributed by atoms with Gasteiger partial charge in [-0.3, -0.25) is 4.79 Å². The summed E-state index contributed by atoms with van der Waals surface area (Å²) in [6.07, 6.45) is 17.2. The molecule has 0 saturated carbocycles. The van der Waals surface area contributed by atoms with Gasteiger partial charge in [0.25, 0.3) is 0 Å². The van der Waals surface area contributed by atoms with E-state index >= 15 is 0 Å². The lowest BCUT2D eigenvalue weighted by Crippen LogP contribution is -2.26. The maximum absolute atomic E-state index is 11.9. The van der Waals surface area contributed by atoms with Crippen LogP contribution < -0.4 is 11.1 Å². The third-order valence-electron chi connectivity index (χ3n) is 4.22. The molecule has 140 valence electrons. The fourth-order valence-corrected chi connectivity index (χ4v) is 2.46. The Kier molecular flexibility index (Phi) is 9.85. The van der Waals surface area contributed by atoms with Crippen LogP contribution in [0, 0.1) is 0 Å². The minimum atomic E-state index is -0.602. The van der Waals surface area contributed by atoms with Crippen LogP contribution in [0.2, 0.25) is 0 Å². The second kappa shape index (κ2) is 11.6. The molecule has 1 heterocycles. The number of nitrogens with two attached hydrogens (primary N) is 1. The average molecular weight is 348 g/mol. The van der Waals surface area contributed by atoms with E-state index in [0.717, 1.165) is 19.4 Å². The number of amides is 1. The standard InChI is InChI=1S/C20H32N2O3/c1-3-20(2)16-17(19(24)25-20)22-18(23)14-12-10-8-6-4-5-7-9-11-13-15-21/h4,6,8,10,16H,3,5,7,9,11-15,21H2,1-2H3,(H,22,23)/b6-4+,10-8-/t20-/m0/s1. The van der Waals surface area contributed by atoms with E-state index in [2.05, 4.69) is 11.4 Å². The second-order valence-electron chi connectivity index (χ2n) is 6.55. The quantitative estimate of drug-likeness (QED) is 0.321. The van der Waals surface area contributed by atoms with Gasteiger partial charge in [0.1, 0.15) is 11.3 Å². The first-order chi connectivity index (χ1) is 12.0. The zero-order chi connectivity index (χ0) is 18.5. The Labute approximate surface area is 151 Å². The van der Waals surface area contributed by atoms with Gasteiger partial charge in [0, 0.05) is 6.42 Å². The lowest BCUT2D eigenvalue weighted by molar-refractivity contribution is -0.146. The topological polar surface area (TPSA) is 81.4 Å². The Morgan fingerprint density at radius 3 is 2.52 bits per heavy atom. The van der Waals surface area contributed by atoms with Crippen LogP contribution in [-0.4, -0.2) is 24.0 Å². The van der Waals surface area contributed by atoms with Crippen LogP contribution >= 0.6 is 0 Å². The maximum Gasteiger partial charge on any atom is 0.355 e. The Bertz CT molecular complexity index is 523. The lowest BCUT2D eigenvalue weighted by Gasteiger charge is -2.17. The third kappa shape index (κ3) is 8.68. The number of cyclic esters (lactones) is 1. The van der Waals surface area contributed by atoms with Gasteiger partial charge in [-0.15, -0.1) is 0 Å². The number of unbranched alkanes of at least 4 members (excludes halogenated alkanes) is 4. The SMILES string of the molecule is CC[C@@]1(C)C=C(NC(=O)CC/C=C\C=C\CCCCCCN)C(=O)O1.